The van der Waals surface area contributed by atoms with Crippen LogP contribution in [0, 0.1) is 17.1 Å². The normalized spacial score (nSPS) is 15.6. The van der Waals surface area contributed by atoms with Crippen molar-refractivity contribution < 1.29 is 9.13 Å². The second-order valence-electron chi connectivity index (χ2n) is 7.39. The Kier molecular flexibility index (Phi) is 5.59. The highest BCUT2D eigenvalue weighted by Crippen LogP contribution is 2.33. The molecule has 0 amide bonds. The number of aromatic nitrogens is 1. The standard InChI is InChI=1S/C23H24FN3O/c24-19-3-5-20(6-4-19)28-13-1-10-27-11-8-18(9-12-27)22-16-26-23-7-2-17(15-25)14-21(22)23/h2-7,14,16,18,26H,1,8-13H2. The predicted molar refractivity (Wildman–Crippen MR) is 108 cm³/mol. The van der Waals surface area contributed by atoms with Crippen LogP contribution < -0.4 is 4.74 Å². The van der Waals surface area contributed by atoms with E-state index < -0.39 is 0 Å². The van der Waals surface area contributed by atoms with Crippen molar-refractivity contribution in [1.82, 2.24) is 9.88 Å². The third kappa shape index (κ3) is 4.18. The summed E-state index contributed by atoms with van der Waals surface area (Å²) in [4.78, 5) is 5.83. The van der Waals surface area contributed by atoms with E-state index in [0.717, 1.165) is 50.2 Å². The fourth-order valence-electron chi connectivity index (χ4n) is 4.03. The number of benzene rings is 2. The molecule has 0 unspecified atom stereocenters. The van der Waals surface area contributed by atoms with Crippen molar-refractivity contribution in [2.75, 3.05) is 26.2 Å². The van der Waals surface area contributed by atoms with E-state index in [1.54, 1.807) is 12.1 Å². The molecule has 0 bridgehead atoms. The zero-order valence-corrected chi connectivity index (χ0v) is 15.8. The van der Waals surface area contributed by atoms with E-state index in [2.05, 4.69) is 22.1 Å². The smallest absolute Gasteiger partial charge is 0.123 e. The summed E-state index contributed by atoms with van der Waals surface area (Å²) in [7, 11) is 0. The summed E-state index contributed by atoms with van der Waals surface area (Å²) in [6, 6.07) is 14.3. The molecule has 1 aliphatic rings. The number of aromatic amines is 1. The van der Waals surface area contributed by atoms with Gasteiger partial charge in [-0.3, -0.25) is 0 Å². The van der Waals surface area contributed by atoms with Gasteiger partial charge in [-0.1, -0.05) is 0 Å². The zero-order chi connectivity index (χ0) is 19.3. The summed E-state index contributed by atoms with van der Waals surface area (Å²) in [6.07, 6.45) is 5.33. The fraction of sp³-hybridized carbons (Fsp3) is 0.348. The Hall–Kier alpha value is -2.84. The first-order chi connectivity index (χ1) is 13.7. The summed E-state index contributed by atoms with van der Waals surface area (Å²) >= 11 is 0. The van der Waals surface area contributed by atoms with Crippen molar-refractivity contribution in [1.29, 1.82) is 5.26 Å². The number of nitrogens with one attached hydrogen (secondary N) is 1. The van der Waals surface area contributed by atoms with Gasteiger partial charge in [0, 0.05) is 23.6 Å². The molecule has 0 radical (unpaired) electrons. The second kappa shape index (κ2) is 8.45. The monoisotopic (exact) mass is 377 g/mol. The Balaban J connectivity index is 1.26. The van der Waals surface area contributed by atoms with Crippen molar-refractivity contribution in [3.63, 3.8) is 0 Å². The van der Waals surface area contributed by atoms with E-state index in [-0.39, 0.29) is 5.82 Å². The van der Waals surface area contributed by atoms with Crippen LogP contribution in [-0.4, -0.2) is 36.1 Å². The Morgan fingerprint density at radius 2 is 1.93 bits per heavy atom. The molecule has 0 atom stereocenters. The Labute approximate surface area is 164 Å². The van der Waals surface area contributed by atoms with Gasteiger partial charge in [-0.25, -0.2) is 4.39 Å². The summed E-state index contributed by atoms with van der Waals surface area (Å²) in [6.45, 7) is 3.81. The summed E-state index contributed by atoms with van der Waals surface area (Å²) in [5, 5.41) is 10.3. The SMILES string of the molecule is N#Cc1ccc2[nH]cc(C3CCN(CCCOc4ccc(F)cc4)CC3)c2c1. The van der Waals surface area contributed by atoms with E-state index in [4.69, 9.17) is 10.00 Å². The zero-order valence-electron chi connectivity index (χ0n) is 15.8. The molecule has 144 valence electrons. The third-order valence-electron chi connectivity index (χ3n) is 5.57. The Morgan fingerprint density at radius 3 is 2.68 bits per heavy atom. The van der Waals surface area contributed by atoms with E-state index in [1.165, 1.54) is 23.1 Å². The molecular weight excluding hydrogens is 353 g/mol. The molecule has 4 nitrogen and oxygen atoms in total. The lowest BCUT2D eigenvalue weighted by Gasteiger charge is -2.31. The lowest BCUT2D eigenvalue weighted by atomic mass is 9.89. The minimum absolute atomic E-state index is 0.241. The van der Waals surface area contributed by atoms with Crippen LogP contribution in [0.1, 0.15) is 36.3 Å². The minimum atomic E-state index is -0.241. The number of rotatable bonds is 6. The van der Waals surface area contributed by atoms with Crippen LogP contribution in [0.15, 0.2) is 48.7 Å². The number of likely N-dealkylation sites (tertiary alicyclic amines) is 1. The Bertz CT molecular complexity index is 966. The van der Waals surface area contributed by atoms with Gasteiger partial charge in [-0.2, -0.15) is 5.26 Å². The lowest BCUT2D eigenvalue weighted by molar-refractivity contribution is 0.193. The number of ether oxygens (including phenoxy) is 1. The maximum atomic E-state index is 12.9. The predicted octanol–water partition coefficient (Wildman–Crippen LogP) is 4.83. The Morgan fingerprint density at radius 1 is 1.14 bits per heavy atom. The topological polar surface area (TPSA) is 52.0 Å². The maximum absolute atomic E-state index is 12.9. The molecule has 0 aliphatic carbocycles. The fourth-order valence-corrected chi connectivity index (χ4v) is 4.03. The van der Waals surface area contributed by atoms with Crippen LogP contribution >= 0.6 is 0 Å². The van der Waals surface area contributed by atoms with Gasteiger partial charge in [0.25, 0.3) is 0 Å². The quantitative estimate of drug-likeness (QED) is 0.626. The van der Waals surface area contributed by atoms with E-state index >= 15 is 0 Å². The molecule has 1 saturated heterocycles. The number of halogens is 1. The minimum Gasteiger partial charge on any atom is -0.494 e. The van der Waals surface area contributed by atoms with Gasteiger partial charge < -0.3 is 14.6 Å². The molecule has 1 aliphatic heterocycles. The molecule has 0 saturated carbocycles. The van der Waals surface area contributed by atoms with E-state index in [1.807, 2.05) is 18.2 Å². The summed E-state index contributed by atoms with van der Waals surface area (Å²) < 4.78 is 18.6. The molecule has 1 fully saturated rings. The van der Waals surface area contributed by atoms with E-state index in [0.29, 0.717) is 18.1 Å². The number of nitriles is 1. The molecule has 1 N–H and O–H groups in total. The van der Waals surface area contributed by atoms with Gasteiger partial charge in [0.15, 0.2) is 0 Å². The first kappa shape index (κ1) is 18.5. The number of nitrogens with zero attached hydrogens (tertiary/aromatic N) is 2. The highest BCUT2D eigenvalue weighted by molar-refractivity contribution is 5.85. The highest BCUT2D eigenvalue weighted by Gasteiger charge is 2.22. The van der Waals surface area contributed by atoms with Crippen molar-refractivity contribution in [3.8, 4) is 11.8 Å². The average Bonchev–Trinajstić information content (AvgIpc) is 3.16. The number of piperidine rings is 1. The van der Waals surface area contributed by atoms with Crippen molar-refractivity contribution in [3.05, 3.63) is 65.6 Å². The molecular formula is C23H24FN3O. The van der Waals surface area contributed by atoms with Gasteiger partial charge in [-0.05, 0) is 86.3 Å². The number of fused-ring (bicyclic) bond motifs is 1. The first-order valence-electron chi connectivity index (χ1n) is 9.85. The van der Waals surface area contributed by atoms with Crippen LogP contribution in [0.3, 0.4) is 0 Å². The molecule has 28 heavy (non-hydrogen) atoms. The molecule has 2 heterocycles. The van der Waals surface area contributed by atoms with E-state index in [9.17, 15) is 4.39 Å². The molecule has 5 heteroatoms. The highest BCUT2D eigenvalue weighted by atomic mass is 19.1. The van der Waals surface area contributed by atoms with Gasteiger partial charge in [-0.15, -0.1) is 0 Å². The van der Waals surface area contributed by atoms with Crippen LogP contribution in [0.5, 0.6) is 5.75 Å². The molecule has 2 aromatic carbocycles. The van der Waals surface area contributed by atoms with Gasteiger partial charge >= 0.3 is 0 Å². The first-order valence-corrected chi connectivity index (χ1v) is 9.85. The van der Waals surface area contributed by atoms with Crippen LogP contribution in [0.2, 0.25) is 0 Å². The second-order valence-corrected chi connectivity index (χ2v) is 7.39. The average molecular weight is 377 g/mol. The van der Waals surface area contributed by atoms with Gasteiger partial charge in [0.1, 0.15) is 11.6 Å². The van der Waals surface area contributed by atoms with Crippen molar-refractivity contribution >= 4 is 10.9 Å². The van der Waals surface area contributed by atoms with Gasteiger partial charge in [0.05, 0.1) is 18.2 Å². The molecule has 1 aromatic heterocycles. The molecule has 4 rings (SSSR count). The maximum Gasteiger partial charge on any atom is 0.123 e. The molecule has 0 spiro atoms. The van der Waals surface area contributed by atoms with Gasteiger partial charge in [0.2, 0.25) is 0 Å². The number of H-pyrrole nitrogens is 1. The van der Waals surface area contributed by atoms with Crippen LogP contribution in [-0.2, 0) is 0 Å². The summed E-state index contributed by atoms with van der Waals surface area (Å²) in [5.41, 5.74) is 3.16. The molecule has 3 aromatic rings. The van der Waals surface area contributed by atoms with Crippen molar-refractivity contribution in [2.24, 2.45) is 0 Å². The number of hydrogen-bond acceptors (Lipinski definition) is 3. The number of hydrogen-bond donors (Lipinski definition) is 1. The third-order valence-corrected chi connectivity index (χ3v) is 5.57. The van der Waals surface area contributed by atoms with Crippen molar-refractivity contribution in [2.45, 2.75) is 25.2 Å². The largest absolute Gasteiger partial charge is 0.494 e. The van der Waals surface area contributed by atoms with Crippen LogP contribution in [0.4, 0.5) is 4.39 Å². The summed E-state index contributed by atoms with van der Waals surface area (Å²) in [5.74, 6) is 1.01. The van der Waals surface area contributed by atoms with Crippen LogP contribution in [0.25, 0.3) is 10.9 Å². The lowest BCUT2D eigenvalue weighted by Crippen LogP contribution is -2.34.